The first kappa shape index (κ1) is 14.5. The highest BCUT2D eigenvalue weighted by Gasteiger charge is 2.22. The molecule has 0 amide bonds. The van der Waals surface area contributed by atoms with Crippen molar-refractivity contribution in [3.05, 3.63) is 0 Å². The quantitative estimate of drug-likeness (QED) is 0.562. The van der Waals surface area contributed by atoms with Crippen molar-refractivity contribution in [1.29, 1.82) is 0 Å². The van der Waals surface area contributed by atoms with Crippen molar-refractivity contribution in [2.24, 2.45) is 0 Å². The first-order chi connectivity index (χ1) is 7.88. The molecule has 17 heavy (non-hydrogen) atoms. The van der Waals surface area contributed by atoms with Crippen LogP contribution in [0.25, 0.3) is 0 Å². The number of likely N-dealkylation sites (N-methyl/N-ethyl adjacent to an activating group) is 1. The number of rotatable bonds is 3. The zero-order valence-electron chi connectivity index (χ0n) is 11.8. The van der Waals surface area contributed by atoms with E-state index < -0.39 is 0 Å². The van der Waals surface area contributed by atoms with Crippen molar-refractivity contribution < 1.29 is 9.53 Å². The van der Waals surface area contributed by atoms with Crippen LogP contribution < -0.4 is 0 Å². The number of esters is 1. The fraction of sp³-hybridized carbons (Fsp3) is 0.929. The van der Waals surface area contributed by atoms with E-state index in [1.165, 1.54) is 38.5 Å². The molecule has 3 heteroatoms. The lowest BCUT2D eigenvalue weighted by molar-refractivity contribution is -0.156. The molecule has 0 spiro atoms. The van der Waals surface area contributed by atoms with Crippen molar-refractivity contribution >= 4 is 5.97 Å². The Kier molecular flexibility index (Phi) is 5.44. The van der Waals surface area contributed by atoms with Crippen LogP contribution in [0.1, 0.15) is 59.3 Å². The smallest absolute Gasteiger partial charge is 0.320 e. The van der Waals surface area contributed by atoms with Gasteiger partial charge in [-0.05, 0) is 40.7 Å². The molecular formula is C14H27NO2. The van der Waals surface area contributed by atoms with Crippen LogP contribution in [0, 0.1) is 0 Å². The van der Waals surface area contributed by atoms with E-state index in [1.807, 2.05) is 27.8 Å². The summed E-state index contributed by atoms with van der Waals surface area (Å²) in [5, 5.41) is 0. The molecule has 0 bridgehead atoms. The second kappa shape index (κ2) is 6.39. The first-order valence-electron chi connectivity index (χ1n) is 6.80. The van der Waals surface area contributed by atoms with Crippen molar-refractivity contribution in [3.8, 4) is 0 Å². The molecule has 1 aliphatic carbocycles. The zero-order valence-corrected chi connectivity index (χ0v) is 11.8. The third kappa shape index (κ3) is 6.06. The Balaban J connectivity index is 2.36. The highest BCUT2D eigenvalue weighted by Crippen LogP contribution is 2.21. The minimum atomic E-state index is -0.374. The van der Waals surface area contributed by atoms with Crippen LogP contribution in [-0.2, 0) is 9.53 Å². The summed E-state index contributed by atoms with van der Waals surface area (Å²) in [5.41, 5.74) is -0.374. The van der Waals surface area contributed by atoms with E-state index in [0.717, 1.165) is 0 Å². The van der Waals surface area contributed by atoms with E-state index in [2.05, 4.69) is 4.90 Å². The second-order valence-corrected chi connectivity index (χ2v) is 6.15. The van der Waals surface area contributed by atoms with Crippen molar-refractivity contribution in [3.63, 3.8) is 0 Å². The molecule has 0 aromatic carbocycles. The Hall–Kier alpha value is -0.570. The van der Waals surface area contributed by atoms with Gasteiger partial charge in [-0.2, -0.15) is 0 Å². The topological polar surface area (TPSA) is 29.5 Å². The minimum absolute atomic E-state index is 0.107. The second-order valence-electron chi connectivity index (χ2n) is 6.15. The molecule has 0 aromatic heterocycles. The van der Waals surface area contributed by atoms with E-state index in [0.29, 0.717) is 12.6 Å². The van der Waals surface area contributed by atoms with Gasteiger partial charge in [-0.1, -0.05) is 25.7 Å². The average Bonchev–Trinajstić information content (AvgIpc) is 2.41. The summed E-state index contributed by atoms with van der Waals surface area (Å²) in [6.45, 7) is 6.16. The van der Waals surface area contributed by atoms with E-state index >= 15 is 0 Å². The maximum absolute atomic E-state index is 11.7. The van der Waals surface area contributed by atoms with Gasteiger partial charge in [-0.3, -0.25) is 9.69 Å². The number of carbonyl (C=O) groups is 1. The van der Waals surface area contributed by atoms with Gasteiger partial charge in [0.2, 0.25) is 0 Å². The van der Waals surface area contributed by atoms with Gasteiger partial charge in [0.15, 0.2) is 0 Å². The predicted molar refractivity (Wildman–Crippen MR) is 70.0 cm³/mol. The van der Waals surface area contributed by atoms with E-state index in [4.69, 9.17) is 4.74 Å². The number of hydrogen-bond donors (Lipinski definition) is 0. The molecule has 0 atom stereocenters. The van der Waals surface area contributed by atoms with Crippen molar-refractivity contribution in [2.45, 2.75) is 70.9 Å². The number of hydrogen-bond acceptors (Lipinski definition) is 3. The summed E-state index contributed by atoms with van der Waals surface area (Å²) in [6.07, 6.45) is 7.72. The molecule has 0 N–H and O–H groups in total. The molecule has 1 saturated carbocycles. The van der Waals surface area contributed by atoms with E-state index in [-0.39, 0.29) is 11.6 Å². The maximum atomic E-state index is 11.7. The van der Waals surface area contributed by atoms with Crippen LogP contribution in [0.3, 0.4) is 0 Å². The highest BCUT2D eigenvalue weighted by molar-refractivity contribution is 5.72. The molecule has 0 aromatic rings. The van der Waals surface area contributed by atoms with Gasteiger partial charge in [0.05, 0.1) is 6.54 Å². The molecule has 0 aliphatic heterocycles. The fourth-order valence-electron chi connectivity index (χ4n) is 2.41. The van der Waals surface area contributed by atoms with Crippen molar-refractivity contribution in [1.82, 2.24) is 4.90 Å². The summed E-state index contributed by atoms with van der Waals surface area (Å²) in [4.78, 5) is 13.9. The van der Waals surface area contributed by atoms with Crippen LogP contribution in [0.4, 0.5) is 0 Å². The highest BCUT2D eigenvalue weighted by atomic mass is 16.6. The number of ether oxygens (including phenoxy) is 1. The summed E-state index contributed by atoms with van der Waals surface area (Å²) in [7, 11) is 2.04. The molecule has 1 fully saturated rings. The first-order valence-corrected chi connectivity index (χ1v) is 6.80. The summed E-state index contributed by atoms with van der Waals surface area (Å²) >= 11 is 0. The SMILES string of the molecule is CN(CC(=O)OC(C)(C)C)C1CCCCCC1. The van der Waals surface area contributed by atoms with Crippen LogP contribution in [0.2, 0.25) is 0 Å². The van der Waals surface area contributed by atoms with Crippen molar-refractivity contribution in [2.75, 3.05) is 13.6 Å². The molecule has 3 nitrogen and oxygen atoms in total. The third-order valence-corrected chi connectivity index (χ3v) is 3.25. The Morgan fingerprint density at radius 3 is 2.18 bits per heavy atom. The Labute approximate surface area is 106 Å². The maximum Gasteiger partial charge on any atom is 0.320 e. The summed E-state index contributed by atoms with van der Waals surface area (Å²) < 4.78 is 5.35. The standard InChI is InChI=1S/C14H27NO2/c1-14(2,3)17-13(16)11-15(4)12-9-7-5-6-8-10-12/h12H,5-11H2,1-4H3. The predicted octanol–water partition coefficient (Wildman–Crippen LogP) is 2.98. The Morgan fingerprint density at radius 1 is 1.18 bits per heavy atom. The molecule has 1 rings (SSSR count). The summed E-state index contributed by atoms with van der Waals surface area (Å²) in [6, 6.07) is 0.560. The van der Waals surface area contributed by atoms with E-state index in [9.17, 15) is 4.79 Å². The molecule has 0 saturated heterocycles. The normalized spacial score (nSPS) is 19.1. The van der Waals surface area contributed by atoms with Crippen LogP contribution >= 0.6 is 0 Å². The number of nitrogens with zero attached hydrogens (tertiary/aromatic N) is 1. The lowest BCUT2D eigenvalue weighted by Gasteiger charge is -2.28. The molecule has 1 aliphatic rings. The fourth-order valence-corrected chi connectivity index (χ4v) is 2.41. The van der Waals surface area contributed by atoms with Gasteiger partial charge < -0.3 is 4.74 Å². The number of carbonyl (C=O) groups excluding carboxylic acids is 1. The molecule has 0 heterocycles. The lowest BCUT2D eigenvalue weighted by Crippen LogP contribution is -2.38. The van der Waals surface area contributed by atoms with Crippen LogP contribution in [-0.4, -0.2) is 36.1 Å². The van der Waals surface area contributed by atoms with Gasteiger partial charge in [0.1, 0.15) is 5.60 Å². The molecule has 0 radical (unpaired) electrons. The van der Waals surface area contributed by atoms with Crippen LogP contribution in [0.5, 0.6) is 0 Å². The minimum Gasteiger partial charge on any atom is -0.459 e. The van der Waals surface area contributed by atoms with Gasteiger partial charge >= 0.3 is 5.97 Å². The molecule has 0 unspecified atom stereocenters. The monoisotopic (exact) mass is 241 g/mol. The van der Waals surface area contributed by atoms with Crippen LogP contribution in [0.15, 0.2) is 0 Å². The largest absolute Gasteiger partial charge is 0.459 e. The molecular weight excluding hydrogens is 214 g/mol. The average molecular weight is 241 g/mol. The molecule has 100 valence electrons. The zero-order chi connectivity index (χ0) is 12.9. The van der Waals surface area contributed by atoms with Gasteiger partial charge in [0.25, 0.3) is 0 Å². The lowest BCUT2D eigenvalue weighted by atomic mass is 10.1. The van der Waals surface area contributed by atoms with Gasteiger partial charge in [-0.15, -0.1) is 0 Å². The Bertz CT molecular complexity index is 237. The Morgan fingerprint density at radius 2 is 1.71 bits per heavy atom. The van der Waals surface area contributed by atoms with E-state index in [1.54, 1.807) is 0 Å². The van der Waals surface area contributed by atoms with Gasteiger partial charge in [-0.25, -0.2) is 0 Å². The summed E-state index contributed by atoms with van der Waals surface area (Å²) in [5.74, 6) is -0.107. The third-order valence-electron chi connectivity index (χ3n) is 3.25. The van der Waals surface area contributed by atoms with Gasteiger partial charge in [0, 0.05) is 6.04 Å².